The maximum atomic E-state index is 12.2. The smallest absolute Gasteiger partial charge is 0.454 e. The Kier molecular flexibility index (Phi) is 13.4. The Morgan fingerprint density at radius 1 is 1.16 bits per heavy atom. The fourth-order valence-electron chi connectivity index (χ4n) is 3.83. The Morgan fingerprint density at radius 3 is 2.43 bits per heavy atom. The normalized spacial score (nSPS) is 19.9. The molecular formula is C28H47NO7P+. The molecule has 1 unspecified atom stereocenters. The van der Waals surface area contributed by atoms with E-state index in [9.17, 15) is 19.4 Å². The molecular weight excluding hydrogens is 493 g/mol. The van der Waals surface area contributed by atoms with Gasteiger partial charge in [0.05, 0.1) is 34.4 Å². The highest BCUT2D eigenvalue weighted by Crippen LogP contribution is 2.43. The van der Waals surface area contributed by atoms with Crippen molar-refractivity contribution in [3.05, 3.63) is 58.7 Å². The Hall–Kier alpha value is -1.80. The average molecular weight is 541 g/mol. The summed E-state index contributed by atoms with van der Waals surface area (Å²) in [4.78, 5) is 22.0. The molecule has 9 heteroatoms. The standard InChI is InChI=1S/C28H46NO7P/c1-22(14-15-26-24(3)13-10-16-28(26,4)5)11-9-12-23(2)19-27(31)36-25(20-30)21-35-37(32,33)34-18-17-29(6,7)8/h9,11-12,14-15,19,25,30H,10,13,16-18,20-21H2,1-8H3/p+1/t25-/m0/s1. The highest BCUT2D eigenvalue weighted by atomic mass is 31.2. The van der Waals surface area contributed by atoms with Crippen molar-refractivity contribution in [1.29, 1.82) is 0 Å². The molecule has 210 valence electrons. The van der Waals surface area contributed by atoms with Gasteiger partial charge in [0.1, 0.15) is 19.3 Å². The third-order valence-corrected chi connectivity index (χ3v) is 7.03. The van der Waals surface area contributed by atoms with E-state index in [1.54, 1.807) is 13.0 Å². The molecule has 0 bridgehead atoms. The molecule has 37 heavy (non-hydrogen) atoms. The molecule has 0 saturated carbocycles. The first-order valence-electron chi connectivity index (χ1n) is 12.7. The molecule has 2 atom stereocenters. The molecule has 0 aromatic heterocycles. The number of nitrogens with zero attached hydrogens (tertiary/aromatic N) is 1. The summed E-state index contributed by atoms with van der Waals surface area (Å²) < 4.78 is 27.5. The zero-order chi connectivity index (χ0) is 28.3. The lowest BCUT2D eigenvalue weighted by Crippen LogP contribution is -2.37. The summed E-state index contributed by atoms with van der Waals surface area (Å²) in [5, 5.41) is 9.46. The topological polar surface area (TPSA) is 102 Å². The molecule has 1 aliphatic rings. The van der Waals surface area contributed by atoms with E-state index in [0.29, 0.717) is 16.6 Å². The number of phosphoric ester groups is 1. The number of carbonyl (C=O) groups excluding carboxylic acids is 1. The quantitative estimate of drug-likeness (QED) is 0.102. The number of allylic oxidation sites excluding steroid dienone is 9. The predicted octanol–water partition coefficient (Wildman–Crippen LogP) is 5.26. The fourth-order valence-corrected chi connectivity index (χ4v) is 4.57. The largest absolute Gasteiger partial charge is 0.472 e. The number of carbonyl (C=O) groups is 1. The van der Waals surface area contributed by atoms with Gasteiger partial charge in [-0.25, -0.2) is 9.36 Å². The van der Waals surface area contributed by atoms with Gasteiger partial charge in [-0.2, -0.15) is 0 Å². The molecule has 0 spiro atoms. The number of phosphoric acid groups is 1. The van der Waals surface area contributed by atoms with Crippen molar-refractivity contribution in [2.24, 2.45) is 5.41 Å². The predicted molar refractivity (Wildman–Crippen MR) is 148 cm³/mol. The molecule has 1 aliphatic carbocycles. The molecule has 0 saturated heterocycles. The highest BCUT2D eigenvalue weighted by Gasteiger charge is 2.27. The van der Waals surface area contributed by atoms with Crippen LogP contribution in [-0.2, 0) is 23.1 Å². The van der Waals surface area contributed by atoms with Gasteiger partial charge in [0.2, 0.25) is 0 Å². The number of hydrogen-bond donors (Lipinski definition) is 2. The summed E-state index contributed by atoms with van der Waals surface area (Å²) in [5.74, 6) is -0.689. The van der Waals surface area contributed by atoms with Gasteiger partial charge in [-0.1, -0.05) is 55.4 Å². The molecule has 0 radical (unpaired) electrons. The third-order valence-electron chi connectivity index (χ3n) is 6.05. The van der Waals surface area contributed by atoms with Crippen molar-refractivity contribution in [3.63, 3.8) is 0 Å². The van der Waals surface area contributed by atoms with Crippen LogP contribution in [0.2, 0.25) is 0 Å². The number of hydrogen-bond acceptors (Lipinski definition) is 6. The van der Waals surface area contributed by atoms with Gasteiger partial charge in [0.25, 0.3) is 0 Å². The second kappa shape index (κ2) is 15.0. The van der Waals surface area contributed by atoms with Gasteiger partial charge in [0, 0.05) is 6.08 Å². The van der Waals surface area contributed by atoms with E-state index >= 15 is 0 Å². The van der Waals surface area contributed by atoms with E-state index in [1.165, 1.54) is 30.1 Å². The molecule has 0 aliphatic heterocycles. The van der Waals surface area contributed by atoms with Gasteiger partial charge < -0.3 is 19.2 Å². The summed E-state index contributed by atoms with van der Waals surface area (Å²) in [6, 6.07) is 0. The second-order valence-electron chi connectivity index (χ2n) is 11.3. The first kappa shape index (κ1) is 33.2. The number of aliphatic hydroxyl groups is 1. The molecule has 0 aromatic carbocycles. The zero-order valence-electron chi connectivity index (χ0n) is 23.8. The summed E-state index contributed by atoms with van der Waals surface area (Å²) in [6.45, 7) is 10.1. The summed E-state index contributed by atoms with van der Waals surface area (Å²) in [5.41, 5.74) is 4.79. The Balaban J connectivity index is 2.61. The second-order valence-corrected chi connectivity index (χ2v) is 12.7. The lowest BCUT2D eigenvalue weighted by molar-refractivity contribution is -0.870. The van der Waals surface area contributed by atoms with Crippen molar-refractivity contribution in [2.45, 2.75) is 60.0 Å². The average Bonchev–Trinajstić information content (AvgIpc) is 2.74. The molecule has 0 aromatic rings. The van der Waals surface area contributed by atoms with Gasteiger partial charge in [-0.05, 0) is 56.6 Å². The van der Waals surface area contributed by atoms with Crippen molar-refractivity contribution >= 4 is 13.8 Å². The van der Waals surface area contributed by atoms with Crippen LogP contribution < -0.4 is 0 Å². The first-order chi connectivity index (χ1) is 17.0. The lowest BCUT2D eigenvalue weighted by Gasteiger charge is -2.32. The maximum Gasteiger partial charge on any atom is 0.472 e. The van der Waals surface area contributed by atoms with Crippen LogP contribution >= 0.6 is 7.82 Å². The van der Waals surface area contributed by atoms with Crippen molar-refractivity contribution in [1.82, 2.24) is 0 Å². The zero-order valence-corrected chi connectivity index (χ0v) is 24.7. The maximum absolute atomic E-state index is 12.2. The Morgan fingerprint density at radius 2 is 1.84 bits per heavy atom. The number of aliphatic hydroxyl groups excluding tert-OH is 1. The van der Waals surface area contributed by atoms with Gasteiger partial charge in [-0.3, -0.25) is 9.05 Å². The number of esters is 1. The molecule has 2 N–H and O–H groups in total. The molecule has 1 rings (SSSR count). The minimum Gasteiger partial charge on any atom is -0.454 e. The summed E-state index contributed by atoms with van der Waals surface area (Å²) in [6.07, 6.45) is 13.7. The van der Waals surface area contributed by atoms with E-state index in [2.05, 4.69) is 32.9 Å². The van der Waals surface area contributed by atoms with E-state index < -0.39 is 33.1 Å². The van der Waals surface area contributed by atoms with Crippen LogP contribution in [0, 0.1) is 5.41 Å². The lowest BCUT2D eigenvalue weighted by atomic mass is 9.72. The van der Waals surface area contributed by atoms with E-state index in [4.69, 9.17) is 13.8 Å². The van der Waals surface area contributed by atoms with Crippen LogP contribution in [0.1, 0.15) is 53.9 Å². The third kappa shape index (κ3) is 14.1. The summed E-state index contributed by atoms with van der Waals surface area (Å²) >= 11 is 0. The molecule has 0 amide bonds. The SMILES string of the molecule is CC(C=CC1=C(C)CCCC1(C)C)=CC=CC(C)=CC(=O)O[C@@H](CO)COP(=O)(O)OCC[N+](C)(C)C. The fraction of sp³-hybridized carbons (Fsp3) is 0.607. The molecule has 0 fully saturated rings. The number of ether oxygens (including phenoxy) is 1. The summed E-state index contributed by atoms with van der Waals surface area (Å²) in [7, 11) is 1.44. The van der Waals surface area contributed by atoms with Gasteiger partial charge in [-0.15, -0.1) is 0 Å². The first-order valence-corrected chi connectivity index (χ1v) is 14.2. The van der Waals surface area contributed by atoms with Crippen LogP contribution in [-0.4, -0.2) is 74.1 Å². The van der Waals surface area contributed by atoms with Crippen molar-refractivity contribution in [3.8, 4) is 0 Å². The van der Waals surface area contributed by atoms with Crippen LogP contribution in [0.4, 0.5) is 0 Å². The van der Waals surface area contributed by atoms with Gasteiger partial charge >= 0.3 is 13.8 Å². The number of likely N-dealkylation sites (N-methyl/N-ethyl adjacent to an activating group) is 1. The minimum absolute atomic E-state index is 0.0221. The highest BCUT2D eigenvalue weighted by molar-refractivity contribution is 7.47. The van der Waals surface area contributed by atoms with E-state index in [1.807, 2.05) is 40.2 Å². The van der Waals surface area contributed by atoms with Crippen LogP contribution in [0.15, 0.2) is 58.7 Å². The van der Waals surface area contributed by atoms with Crippen molar-refractivity contribution in [2.75, 3.05) is 47.5 Å². The van der Waals surface area contributed by atoms with Crippen molar-refractivity contribution < 1.29 is 37.6 Å². The van der Waals surface area contributed by atoms with Crippen LogP contribution in [0.3, 0.4) is 0 Å². The monoisotopic (exact) mass is 540 g/mol. The number of rotatable bonds is 14. The van der Waals surface area contributed by atoms with Crippen LogP contribution in [0.5, 0.6) is 0 Å². The Labute approximate surface area is 223 Å². The molecule has 0 heterocycles. The Bertz CT molecular complexity index is 968. The van der Waals surface area contributed by atoms with E-state index in [0.717, 1.165) is 12.0 Å². The van der Waals surface area contributed by atoms with Crippen LogP contribution in [0.25, 0.3) is 0 Å². The van der Waals surface area contributed by atoms with E-state index in [-0.39, 0.29) is 12.0 Å². The molecule has 8 nitrogen and oxygen atoms in total. The minimum atomic E-state index is -4.32. The number of quaternary nitrogens is 1. The van der Waals surface area contributed by atoms with Gasteiger partial charge in [0.15, 0.2) is 0 Å².